The number of carbonyl (C=O) groups is 3. The van der Waals surface area contributed by atoms with Crippen LogP contribution in [0, 0.1) is 5.92 Å². The molecule has 9 nitrogen and oxygen atoms in total. The number of aryl methyl sites for hydroxylation is 2. The van der Waals surface area contributed by atoms with Gasteiger partial charge in [0.1, 0.15) is 6.54 Å². The van der Waals surface area contributed by atoms with E-state index < -0.39 is 11.7 Å². The fourth-order valence-electron chi connectivity index (χ4n) is 6.09. The van der Waals surface area contributed by atoms with E-state index in [-0.39, 0.29) is 24.5 Å². The van der Waals surface area contributed by atoms with Gasteiger partial charge in [0.2, 0.25) is 5.91 Å². The Morgan fingerprint density at radius 1 is 1.17 bits per heavy atom. The Morgan fingerprint density at radius 3 is 2.83 bits per heavy atom. The molecule has 2 fully saturated rings. The SMILES string of the molecule is CNC(=O)Nc1ccc2c(c1)CC[C@@]21CN(CC(=O)N2Cc3ncccc3CC[C@@H]2C2CC2)C(=O)O1. The van der Waals surface area contributed by atoms with Gasteiger partial charge in [-0.05, 0) is 73.8 Å². The van der Waals surface area contributed by atoms with E-state index in [1.807, 2.05) is 29.2 Å². The number of amides is 4. The van der Waals surface area contributed by atoms with Gasteiger partial charge >= 0.3 is 12.1 Å². The number of hydrogen-bond acceptors (Lipinski definition) is 5. The molecule has 0 radical (unpaired) electrons. The van der Waals surface area contributed by atoms with E-state index in [0.717, 1.165) is 48.9 Å². The summed E-state index contributed by atoms with van der Waals surface area (Å²) in [6.07, 6.45) is 6.91. The van der Waals surface area contributed by atoms with Crippen LogP contribution in [-0.2, 0) is 34.5 Å². The third-order valence-corrected chi connectivity index (χ3v) is 8.09. The van der Waals surface area contributed by atoms with Crippen LogP contribution in [0.1, 0.15) is 48.1 Å². The van der Waals surface area contributed by atoms with E-state index in [1.165, 1.54) is 5.56 Å². The van der Waals surface area contributed by atoms with Crippen molar-refractivity contribution in [3.63, 3.8) is 0 Å². The minimum Gasteiger partial charge on any atom is -0.436 e. The van der Waals surface area contributed by atoms with Gasteiger partial charge in [-0.25, -0.2) is 9.59 Å². The zero-order chi connectivity index (χ0) is 24.9. The van der Waals surface area contributed by atoms with Gasteiger partial charge in [0, 0.05) is 30.5 Å². The van der Waals surface area contributed by atoms with Crippen molar-refractivity contribution in [2.24, 2.45) is 5.92 Å². The first-order chi connectivity index (χ1) is 17.5. The highest BCUT2D eigenvalue weighted by molar-refractivity contribution is 5.89. The lowest BCUT2D eigenvalue weighted by Crippen LogP contribution is -2.46. The zero-order valence-corrected chi connectivity index (χ0v) is 20.5. The molecule has 6 rings (SSSR count). The maximum atomic E-state index is 13.6. The second-order valence-electron chi connectivity index (χ2n) is 10.4. The average Bonchev–Trinajstić information content (AvgIpc) is 3.63. The van der Waals surface area contributed by atoms with Crippen LogP contribution in [0.15, 0.2) is 36.5 Å². The first-order valence-electron chi connectivity index (χ1n) is 12.8. The smallest absolute Gasteiger partial charge is 0.411 e. The van der Waals surface area contributed by atoms with Crippen molar-refractivity contribution < 1.29 is 19.1 Å². The summed E-state index contributed by atoms with van der Waals surface area (Å²) >= 11 is 0. The molecule has 188 valence electrons. The third kappa shape index (κ3) is 4.06. The van der Waals surface area contributed by atoms with Crippen molar-refractivity contribution in [2.75, 3.05) is 25.5 Å². The minimum absolute atomic E-state index is 0.0115. The normalized spacial score (nSPS) is 24.7. The van der Waals surface area contributed by atoms with Gasteiger partial charge in [0.05, 0.1) is 18.8 Å². The van der Waals surface area contributed by atoms with Crippen LogP contribution < -0.4 is 10.6 Å². The topological polar surface area (TPSA) is 104 Å². The minimum atomic E-state index is -0.749. The highest BCUT2D eigenvalue weighted by Gasteiger charge is 2.51. The summed E-state index contributed by atoms with van der Waals surface area (Å²) in [5, 5.41) is 5.33. The molecule has 1 spiro atoms. The zero-order valence-electron chi connectivity index (χ0n) is 20.5. The molecule has 2 aliphatic carbocycles. The summed E-state index contributed by atoms with van der Waals surface area (Å²) < 4.78 is 5.95. The highest BCUT2D eigenvalue weighted by Crippen LogP contribution is 2.45. The number of anilines is 1. The van der Waals surface area contributed by atoms with Crippen LogP contribution >= 0.6 is 0 Å². The molecule has 2 aromatic rings. The number of nitrogens with one attached hydrogen (secondary N) is 2. The lowest BCUT2D eigenvalue weighted by molar-refractivity contribution is -0.135. The predicted molar refractivity (Wildman–Crippen MR) is 132 cm³/mol. The highest BCUT2D eigenvalue weighted by atomic mass is 16.6. The summed E-state index contributed by atoms with van der Waals surface area (Å²) in [5.74, 6) is 0.502. The molecule has 0 bridgehead atoms. The molecule has 2 atom stereocenters. The Morgan fingerprint density at radius 2 is 2.03 bits per heavy atom. The van der Waals surface area contributed by atoms with Crippen LogP contribution in [0.2, 0.25) is 0 Å². The van der Waals surface area contributed by atoms with Crippen molar-refractivity contribution in [2.45, 2.75) is 56.7 Å². The molecule has 2 N–H and O–H groups in total. The lowest BCUT2D eigenvalue weighted by atomic mass is 9.95. The van der Waals surface area contributed by atoms with Crippen molar-refractivity contribution in [1.82, 2.24) is 20.1 Å². The van der Waals surface area contributed by atoms with Gasteiger partial charge in [-0.15, -0.1) is 0 Å². The number of urea groups is 1. The van der Waals surface area contributed by atoms with Crippen LogP contribution in [0.5, 0.6) is 0 Å². The molecule has 1 aromatic carbocycles. The first-order valence-corrected chi connectivity index (χ1v) is 12.8. The molecule has 1 saturated heterocycles. The second-order valence-corrected chi connectivity index (χ2v) is 10.4. The summed E-state index contributed by atoms with van der Waals surface area (Å²) in [6.45, 7) is 0.856. The number of pyridine rings is 1. The number of carbonyl (C=O) groups excluding carboxylic acids is 3. The Kier molecular flexibility index (Phi) is 5.58. The van der Waals surface area contributed by atoms with E-state index >= 15 is 0 Å². The molecular weight excluding hydrogens is 458 g/mol. The van der Waals surface area contributed by atoms with Gasteiger partial charge in [-0.2, -0.15) is 0 Å². The van der Waals surface area contributed by atoms with Crippen LogP contribution in [-0.4, -0.2) is 59.0 Å². The number of benzene rings is 1. The lowest BCUT2D eigenvalue weighted by Gasteiger charge is -2.31. The van der Waals surface area contributed by atoms with Gasteiger partial charge in [-0.3, -0.25) is 14.7 Å². The van der Waals surface area contributed by atoms with E-state index in [4.69, 9.17) is 4.74 Å². The predicted octanol–water partition coefficient (Wildman–Crippen LogP) is 3.18. The summed E-state index contributed by atoms with van der Waals surface area (Å²) in [6, 6.07) is 9.65. The molecule has 36 heavy (non-hydrogen) atoms. The number of ether oxygens (including phenoxy) is 1. The average molecular weight is 490 g/mol. The molecule has 1 aromatic heterocycles. The summed E-state index contributed by atoms with van der Waals surface area (Å²) in [5.41, 5.74) is 4.13. The number of nitrogens with zero attached hydrogens (tertiary/aromatic N) is 3. The second kappa shape index (κ2) is 8.80. The third-order valence-electron chi connectivity index (χ3n) is 8.09. The molecule has 3 heterocycles. The van der Waals surface area contributed by atoms with E-state index in [2.05, 4.69) is 21.7 Å². The Labute approximate surface area is 210 Å². The molecule has 2 aliphatic heterocycles. The maximum absolute atomic E-state index is 13.6. The molecule has 4 aliphatic rings. The van der Waals surface area contributed by atoms with E-state index in [9.17, 15) is 14.4 Å². The monoisotopic (exact) mass is 489 g/mol. The summed E-state index contributed by atoms with van der Waals surface area (Å²) in [4.78, 5) is 46.3. The van der Waals surface area contributed by atoms with Gasteiger partial charge in [-0.1, -0.05) is 12.1 Å². The maximum Gasteiger partial charge on any atom is 0.411 e. The van der Waals surface area contributed by atoms with Crippen LogP contribution in [0.25, 0.3) is 0 Å². The number of aromatic nitrogens is 1. The molecule has 0 unspecified atom stereocenters. The van der Waals surface area contributed by atoms with E-state index in [0.29, 0.717) is 31.1 Å². The van der Waals surface area contributed by atoms with Crippen LogP contribution in [0.4, 0.5) is 15.3 Å². The van der Waals surface area contributed by atoms with Crippen molar-refractivity contribution in [3.05, 3.63) is 58.9 Å². The number of fused-ring (bicyclic) bond motifs is 3. The largest absolute Gasteiger partial charge is 0.436 e. The van der Waals surface area contributed by atoms with Gasteiger partial charge < -0.3 is 20.3 Å². The summed E-state index contributed by atoms with van der Waals surface area (Å²) in [7, 11) is 1.57. The Hall–Kier alpha value is -3.62. The fourth-order valence-corrected chi connectivity index (χ4v) is 6.09. The van der Waals surface area contributed by atoms with Crippen molar-refractivity contribution in [3.8, 4) is 0 Å². The van der Waals surface area contributed by atoms with Crippen molar-refractivity contribution in [1.29, 1.82) is 0 Å². The molecule has 4 amide bonds. The number of hydrogen-bond donors (Lipinski definition) is 2. The van der Waals surface area contributed by atoms with Gasteiger partial charge in [0.15, 0.2) is 5.60 Å². The van der Waals surface area contributed by atoms with E-state index in [1.54, 1.807) is 18.1 Å². The Bertz CT molecular complexity index is 1230. The fraction of sp³-hybridized carbons (Fsp3) is 0.481. The van der Waals surface area contributed by atoms with Crippen molar-refractivity contribution >= 4 is 23.7 Å². The first kappa shape index (κ1) is 22.8. The standard InChI is InChI=1S/C27H31N5O4/c1-28-25(34)30-20-7-8-21-19(13-20)10-11-27(21)16-31(26(35)36-27)15-24(33)32-14-22-17(3-2-12-29-22)6-9-23(32)18-4-5-18/h2-3,7-8,12-13,18,23H,4-6,9-11,14-16H2,1H3,(H2,28,30,34)/t23-,27-/m1/s1. The Balaban J connectivity index is 1.19. The number of rotatable bonds is 4. The van der Waals surface area contributed by atoms with Crippen LogP contribution in [0.3, 0.4) is 0 Å². The van der Waals surface area contributed by atoms with Gasteiger partial charge in [0.25, 0.3) is 0 Å². The molecular formula is C27H31N5O4. The quantitative estimate of drug-likeness (QED) is 0.687. The molecule has 1 saturated carbocycles. The molecule has 9 heteroatoms.